The van der Waals surface area contributed by atoms with E-state index in [-0.39, 0.29) is 18.5 Å². The number of carbonyl (C=O) groups excluding carboxylic acids is 1. The van der Waals surface area contributed by atoms with Crippen LogP contribution < -0.4 is 4.90 Å². The lowest BCUT2D eigenvalue weighted by molar-refractivity contribution is -0.112. The summed E-state index contributed by atoms with van der Waals surface area (Å²) in [4.78, 5) is 22.3. The van der Waals surface area contributed by atoms with Gasteiger partial charge < -0.3 is 14.7 Å². The van der Waals surface area contributed by atoms with Crippen LogP contribution in [-0.4, -0.2) is 53.3 Å². The molecule has 0 spiro atoms. The number of aryl methyl sites for hydroxylation is 1. The van der Waals surface area contributed by atoms with Crippen molar-refractivity contribution in [2.45, 2.75) is 20.0 Å². The first-order valence-electron chi connectivity index (χ1n) is 8.67. The lowest BCUT2D eigenvalue weighted by Crippen LogP contribution is -2.44. The lowest BCUT2D eigenvalue weighted by Gasteiger charge is -2.34. The minimum atomic E-state index is -0.211. The van der Waals surface area contributed by atoms with Crippen LogP contribution in [0.1, 0.15) is 18.3 Å². The van der Waals surface area contributed by atoms with E-state index in [0.717, 1.165) is 22.5 Å². The highest BCUT2D eigenvalue weighted by Gasteiger charge is 2.23. The number of hydrogen-bond donors (Lipinski definition) is 1. The van der Waals surface area contributed by atoms with Crippen molar-refractivity contribution >= 4 is 17.7 Å². The van der Waals surface area contributed by atoms with Gasteiger partial charge in [-0.3, -0.25) is 4.79 Å². The molecule has 1 aromatic carbocycles. The summed E-state index contributed by atoms with van der Waals surface area (Å²) in [6.07, 6.45) is 4.97. The summed E-state index contributed by atoms with van der Waals surface area (Å²) in [7, 11) is 0. The fraction of sp³-hybridized carbons (Fsp3) is 0.350. The minimum absolute atomic E-state index is 0.0122. The van der Waals surface area contributed by atoms with Gasteiger partial charge in [0.05, 0.1) is 19.3 Å². The third-order valence-corrected chi connectivity index (χ3v) is 4.24. The van der Waals surface area contributed by atoms with Crippen molar-refractivity contribution < 1.29 is 14.6 Å². The van der Waals surface area contributed by atoms with E-state index in [1.165, 1.54) is 6.92 Å². The number of ketones is 1. The van der Waals surface area contributed by atoms with E-state index in [1.807, 2.05) is 37.4 Å². The van der Waals surface area contributed by atoms with Gasteiger partial charge in [-0.25, -0.2) is 9.97 Å². The first kappa shape index (κ1) is 18.2. The van der Waals surface area contributed by atoms with Crippen molar-refractivity contribution in [3.05, 3.63) is 47.9 Å². The van der Waals surface area contributed by atoms with E-state index < -0.39 is 0 Å². The van der Waals surface area contributed by atoms with Crippen molar-refractivity contribution in [3.8, 4) is 11.1 Å². The van der Waals surface area contributed by atoms with E-state index in [0.29, 0.717) is 25.5 Å². The van der Waals surface area contributed by atoms with E-state index >= 15 is 0 Å². The van der Waals surface area contributed by atoms with Gasteiger partial charge in [0.1, 0.15) is 11.6 Å². The Morgan fingerprint density at radius 3 is 3.08 bits per heavy atom. The maximum absolute atomic E-state index is 11.2. The molecule has 3 rings (SSSR count). The van der Waals surface area contributed by atoms with Gasteiger partial charge in [-0.05, 0) is 37.1 Å². The average molecular weight is 353 g/mol. The molecule has 1 aliphatic rings. The fourth-order valence-electron chi connectivity index (χ4n) is 2.95. The van der Waals surface area contributed by atoms with E-state index in [4.69, 9.17) is 4.74 Å². The van der Waals surface area contributed by atoms with Gasteiger partial charge in [0.2, 0.25) is 0 Å². The number of aliphatic hydroxyl groups excluding tert-OH is 1. The zero-order chi connectivity index (χ0) is 18.5. The zero-order valence-electron chi connectivity index (χ0n) is 15.1. The van der Waals surface area contributed by atoms with Crippen LogP contribution in [0.25, 0.3) is 17.2 Å². The summed E-state index contributed by atoms with van der Waals surface area (Å²) >= 11 is 0. The Hall–Kier alpha value is -2.57. The maximum Gasteiger partial charge on any atom is 0.152 e. The van der Waals surface area contributed by atoms with Crippen LogP contribution in [0, 0.1) is 6.92 Å². The van der Waals surface area contributed by atoms with Gasteiger partial charge in [0.25, 0.3) is 0 Å². The quantitative estimate of drug-likeness (QED) is 0.831. The monoisotopic (exact) mass is 353 g/mol. The molecule has 2 aromatic rings. The average Bonchev–Trinajstić information content (AvgIpc) is 2.66. The van der Waals surface area contributed by atoms with Crippen LogP contribution in [0.5, 0.6) is 0 Å². The molecule has 1 aromatic heterocycles. The van der Waals surface area contributed by atoms with Gasteiger partial charge in [-0.15, -0.1) is 0 Å². The Labute approximate surface area is 153 Å². The van der Waals surface area contributed by atoms with Gasteiger partial charge >= 0.3 is 0 Å². The van der Waals surface area contributed by atoms with Crippen LogP contribution in [0.4, 0.5) is 5.82 Å². The summed E-state index contributed by atoms with van der Waals surface area (Å²) in [6.45, 7) is 5.23. The number of aromatic nitrogens is 2. The zero-order valence-corrected chi connectivity index (χ0v) is 15.1. The number of ether oxygens (including phenoxy) is 1. The standard InChI is InChI=1S/C20H23N3O3/c1-14(25)6-7-16-4-3-5-17(10-16)19-11-21-15(2)22-20(19)23-8-9-26-18(12-23)13-24/h3-7,10-11,18,24H,8-9,12-13H2,1-2H3/b7-6+. The smallest absolute Gasteiger partial charge is 0.152 e. The normalized spacial score (nSPS) is 17.7. The van der Waals surface area contributed by atoms with Crippen molar-refractivity contribution in [3.63, 3.8) is 0 Å². The highest BCUT2D eigenvalue weighted by atomic mass is 16.5. The molecule has 1 unspecified atom stereocenters. The molecule has 0 saturated carbocycles. The lowest BCUT2D eigenvalue weighted by atomic mass is 10.0. The van der Waals surface area contributed by atoms with Crippen LogP contribution in [-0.2, 0) is 9.53 Å². The van der Waals surface area contributed by atoms with E-state index in [9.17, 15) is 9.90 Å². The molecule has 2 heterocycles. The molecule has 0 amide bonds. The number of carbonyl (C=O) groups is 1. The van der Waals surface area contributed by atoms with E-state index in [1.54, 1.807) is 12.2 Å². The number of hydrogen-bond acceptors (Lipinski definition) is 6. The number of nitrogens with zero attached hydrogens (tertiary/aromatic N) is 3. The molecule has 1 fully saturated rings. The number of anilines is 1. The second-order valence-corrected chi connectivity index (χ2v) is 6.35. The molecule has 6 nitrogen and oxygen atoms in total. The summed E-state index contributed by atoms with van der Waals surface area (Å²) in [5.74, 6) is 1.55. The number of aliphatic hydroxyl groups is 1. The van der Waals surface area contributed by atoms with Gasteiger partial charge in [0, 0.05) is 24.8 Å². The van der Waals surface area contributed by atoms with Crippen LogP contribution >= 0.6 is 0 Å². The molecule has 136 valence electrons. The van der Waals surface area contributed by atoms with E-state index in [2.05, 4.69) is 14.9 Å². The summed E-state index contributed by atoms with van der Waals surface area (Å²) in [5, 5.41) is 9.42. The van der Waals surface area contributed by atoms with Crippen LogP contribution in [0.15, 0.2) is 36.5 Å². The van der Waals surface area contributed by atoms with Crippen LogP contribution in [0.2, 0.25) is 0 Å². The van der Waals surface area contributed by atoms with Crippen molar-refractivity contribution in [1.29, 1.82) is 0 Å². The summed E-state index contributed by atoms with van der Waals surface area (Å²) in [5.41, 5.74) is 2.85. The number of benzene rings is 1. The molecule has 0 bridgehead atoms. The predicted molar refractivity (Wildman–Crippen MR) is 101 cm³/mol. The Kier molecular flexibility index (Phi) is 5.75. The molecule has 0 radical (unpaired) electrons. The Morgan fingerprint density at radius 2 is 2.31 bits per heavy atom. The molecule has 26 heavy (non-hydrogen) atoms. The molecule has 1 saturated heterocycles. The maximum atomic E-state index is 11.2. The first-order valence-corrected chi connectivity index (χ1v) is 8.67. The predicted octanol–water partition coefficient (Wildman–Crippen LogP) is 2.25. The van der Waals surface area contributed by atoms with Crippen molar-refractivity contribution in [1.82, 2.24) is 9.97 Å². The fourth-order valence-corrected chi connectivity index (χ4v) is 2.95. The van der Waals surface area contributed by atoms with Crippen molar-refractivity contribution in [2.75, 3.05) is 31.2 Å². The Morgan fingerprint density at radius 1 is 1.46 bits per heavy atom. The minimum Gasteiger partial charge on any atom is -0.394 e. The molecule has 0 aliphatic carbocycles. The van der Waals surface area contributed by atoms with Gasteiger partial charge in [-0.2, -0.15) is 0 Å². The highest BCUT2D eigenvalue weighted by Crippen LogP contribution is 2.30. The second-order valence-electron chi connectivity index (χ2n) is 6.35. The SMILES string of the molecule is CC(=O)/C=C/c1cccc(-c2cnc(C)nc2N2CCOC(CO)C2)c1. The van der Waals surface area contributed by atoms with Crippen LogP contribution in [0.3, 0.4) is 0 Å². The highest BCUT2D eigenvalue weighted by molar-refractivity contribution is 5.91. The van der Waals surface area contributed by atoms with Gasteiger partial charge in [-0.1, -0.05) is 24.3 Å². The Balaban J connectivity index is 1.98. The van der Waals surface area contributed by atoms with Crippen molar-refractivity contribution in [2.24, 2.45) is 0 Å². The first-order chi connectivity index (χ1) is 12.6. The molecular weight excluding hydrogens is 330 g/mol. The third kappa shape index (κ3) is 4.33. The molecular formula is C20H23N3O3. The molecule has 1 atom stereocenters. The summed E-state index contributed by atoms with van der Waals surface area (Å²) in [6, 6.07) is 7.93. The molecule has 6 heteroatoms. The third-order valence-electron chi connectivity index (χ3n) is 4.24. The number of allylic oxidation sites excluding steroid dienone is 1. The summed E-state index contributed by atoms with van der Waals surface area (Å²) < 4.78 is 5.55. The largest absolute Gasteiger partial charge is 0.394 e. The molecule has 1 N–H and O–H groups in total. The Bertz CT molecular complexity index is 820. The second kappa shape index (κ2) is 8.21. The number of morpholine rings is 1. The molecule has 1 aliphatic heterocycles. The number of rotatable bonds is 5. The van der Waals surface area contributed by atoms with Gasteiger partial charge in [0.15, 0.2) is 5.78 Å². The topological polar surface area (TPSA) is 75.6 Å².